The predicted octanol–water partition coefficient (Wildman–Crippen LogP) is 3.43. The SMILES string of the molecule is CCN(CC)C(=O)CCNc1ccc(Br)cc1C. The summed E-state index contributed by atoms with van der Waals surface area (Å²) >= 11 is 3.44. The molecule has 18 heavy (non-hydrogen) atoms. The van der Waals surface area contributed by atoms with E-state index in [0.717, 1.165) is 23.2 Å². The van der Waals surface area contributed by atoms with Gasteiger partial charge in [-0.25, -0.2) is 0 Å². The van der Waals surface area contributed by atoms with Crippen molar-refractivity contribution in [3.05, 3.63) is 28.2 Å². The van der Waals surface area contributed by atoms with Gasteiger partial charge in [-0.3, -0.25) is 4.79 Å². The van der Waals surface area contributed by atoms with Gasteiger partial charge in [-0.15, -0.1) is 0 Å². The van der Waals surface area contributed by atoms with Crippen LogP contribution in [0.5, 0.6) is 0 Å². The average molecular weight is 313 g/mol. The monoisotopic (exact) mass is 312 g/mol. The van der Waals surface area contributed by atoms with Crippen LogP contribution in [-0.2, 0) is 4.79 Å². The maximum absolute atomic E-state index is 11.8. The molecule has 0 fully saturated rings. The third kappa shape index (κ3) is 4.33. The van der Waals surface area contributed by atoms with Crippen LogP contribution in [0.3, 0.4) is 0 Å². The number of amides is 1. The van der Waals surface area contributed by atoms with Crippen molar-refractivity contribution in [3.8, 4) is 0 Å². The van der Waals surface area contributed by atoms with Gasteiger partial charge in [0.25, 0.3) is 0 Å². The fraction of sp³-hybridized carbons (Fsp3) is 0.500. The molecular formula is C14H21BrN2O. The van der Waals surface area contributed by atoms with Crippen LogP contribution in [0, 0.1) is 6.92 Å². The summed E-state index contributed by atoms with van der Waals surface area (Å²) in [5, 5.41) is 3.31. The predicted molar refractivity (Wildman–Crippen MR) is 79.9 cm³/mol. The number of anilines is 1. The fourth-order valence-corrected chi connectivity index (χ4v) is 2.34. The summed E-state index contributed by atoms with van der Waals surface area (Å²) in [6.45, 7) is 8.32. The number of hydrogen-bond donors (Lipinski definition) is 1. The van der Waals surface area contributed by atoms with Crippen LogP contribution in [0.1, 0.15) is 25.8 Å². The lowest BCUT2D eigenvalue weighted by Gasteiger charge is -2.19. The van der Waals surface area contributed by atoms with Gasteiger partial charge in [-0.2, -0.15) is 0 Å². The lowest BCUT2D eigenvalue weighted by Crippen LogP contribution is -2.31. The first-order valence-electron chi connectivity index (χ1n) is 6.36. The highest BCUT2D eigenvalue weighted by Crippen LogP contribution is 2.19. The highest BCUT2D eigenvalue weighted by Gasteiger charge is 2.08. The first kappa shape index (κ1) is 15.0. The molecular weight excluding hydrogens is 292 g/mol. The molecule has 0 saturated heterocycles. The van der Waals surface area contributed by atoms with Gasteiger partial charge in [-0.1, -0.05) is 15.9 Å². The van der Waals surface area contributed by atoms with E-state index in [0.29, 0.717) is 13.0 Å². The molecule has 1 N–H and O–H groups in total. The summed E-state index contributed by atoms with van der Waals surface area (Å²) < 4.78 is 1.07. The molecule has 1 rings (SSSR count). The second-order valence-electron chi connectivity index (χ2n) is 4.20. The van der Waals surface area contributed by atoms with Crippen LogP contribution in [0.15, 0.2) is 22.7 Å². The highest BCUT2D eigenvalue weighted by atomic mass is 79.9. The number of hydrogen-bond acceptors (Lipinski definition) is 2. The molecule has 4 heteroatoms. The van der Waals surface area contributed by atoms with E-state index in [1.54, 1.807) is 0 Å². The standard InChI is InChI=1S/C14H21BrN2O/c1-4-17(5-2)14(18)8-9-16-13-7-6-12(15)10-11(13)3/h6-7,10,16H,4-5,8-9H2,1-3H3. The van der Waals surface area contributed by atoms with E-state index < -0.39 is 0 Å². The van der Waals surface area contributed by atoms with Crippen LogP contribution >= 0.6 is 15.9 Å². The zero-order valence-electron chi connectivity index (χ0n) is 11.3. The summed E-state index contributed by atoms with van der Waals surface area (Å²) in [4.78, 5) is 13.7. The molecule has 0 atom stereocenters. The van der Waals surface area contributed by atoms with Crippen molar-refractivity contribution in [2.24, 2.45) is 0 Å². The Hall–Kier alpha value is -1.03. The van der Waals surface area contributed by atoms with Crippen LogP contribution < -0.4 is 5.32 Å². The van der Waals surface area contributed by atoms with Crippen LogP contribution in [0.2, 0.25) is 0 Å². The first-order chi connectivity index (χ1) is 8.58. The molecule has 0 unspecified atom stereocenters. The molecule has 0 bridgehead atoms. The molecule has 3 nitrogen and oxygen atoms in total. The molecule has 1 aromatic carbocycles. The molecule has 0 aromatic heterocycles. The van der Waals surface area contributed by atoms with Gasteiger partial charge in [0.05, 0.1) is 0 Å². The fourth-order valence-electron chi connectivity index (χ4n) is 1.86. The second kappa shape index (κ2) is 7.41. The van der Waals surface area contributed by atoms with Gasteiger partial charge < -0.3 is 10.2 Å². The number of halogens is 1. The number of carbonyl (C=O) groups excluding carboxylic acids is 1. The van der Waals surface area contributed by atoms with E-state index >= 15 is 0 Å². The molecule has 0 spiro atoms. The Morgan fingerprint density at radius 1 is 1.33 bits per heavy atom. The Morgan fingerprint density at radius 2 is 2.00 bits per heavy atom. The second-order valence-corrected chi connectivity index (χ2v) is 5.12. The Morgan fingerprint density at radius 3 is 2.56 bits per heavy atom. The van der Waals surface area contributed by atoms with E-state index in [4.69, 9.17) is 0 Å². The maximum atomic E-state index is 11.8. The number of benzene rings is 1. The molecule has 0 saturated carbocycles. The smallest absolute Gasteiger partial charge is 0.224 e. The summed E-state index contributed by atoms with van der Waals surface area (Å²) in [6.07, 6.45) is 0.539. The minimum Gasteiger partial charge on any atom is -0.384 e. The topological polar surface area (TPSA) is 32.3 Å². The van der Waals surface area contributed by atoms with Crippen molar-refractivity contribution < 1.29 is 4.79 Å². The van der Waals surface area contributed by atoms with E-state index in [-0.39, 0.29) is 5.91 Å². The number of rotatable bonds is 6. The Kier molecular flexibility index (Phi) is 6.19. The normalized spacial score (nSPS) is 10.2. The van der Waals surface area contributed by atoms with E-state index in [1.165, 1.54) is 5.56 Å². The van der Waals surface area contributed by atoms with Crippen LogP contribution in [-0.4, -0.2) is 30.4 Å². The van der Waals surface area contributed by atoms with Crippen LogP contribution in [0.4, 0.5) is 5.69 Å². The van der Waals surface area contributed by atoms with Crippen molar-refractivity contribution in [3.63, 3.8) is 0 Å². The highest BCUT2D eigenvalue weighted by molar-refractivity contribution is 9.10. The van der Waals surface area contributed by atoms with Crippen molar-refractivity contribution >= 4 is 27.5 Å². The van der Waals surface area contributed by atoms with Crippen molar-refractivity contribution in [2.75, 3.05) is 25.0 Å². The molecule has 100 valence electrons. The minimum atomic E-state index is 0.210. The zero-order chi connectivity index (χ0) is 13.5. The summed E-state index contributed by atoms with van der Waals surface area (Å²) in [5.41, 5.74) is 2.27. The molecule has 0 aliphatic heterocycles. The van der Waals surface area contributed by atoms with Gasteiger partial charge in [-0.05, 0) is 44.5 Å². The third-order valence-electron chi connectivity index (χ3n) is 2.96. The Bertz CT molecular complexity index is 403. The summed E-state index contributed by atoms with van der Waals surface area (Å²) in [6, 6.07) is 6.09. The van der Waals surface area contributed by atoms with E-state index in [1.807, 2.05) is 30.9 Å². The van der Waals surface area contributed by atoms with Crippen LogP contribution in [0.25, 0.3) is 0 Å². The maximum Gasteiger partial charge on any atom is 0.224 e. The van der Waals surface area contributed by atoms with Gasteiger partial charge in [0.1, 0.15) is 0 Å². The lowest BCUT2D eigenvalue weighted by atomic mass is 10.2. The lowest BCUT2D eigenvalue weighted by molar-refractivity contribution is -0.130. The molecule has 0 aliphatic rings. The summed E-state index contributed by atoms with van der Waals surface area (Å²) in [5.74, 6) is 0.210. The molecule has 0 aliphatic carbocycles. The van der Waals surface area contributed by atoms with Crippen molar-refractivity contribution in [1.82, 2.24) is 4.90 Å². The number of nitrogens with zero attached hydrogens (tertiary/aromatic N) is 1. The first-order valence-corrected chi connectivity index (χ1v) is 7.15. The van der Waals surface area contributed by atoms with Crippen molar-refractivity contribution in [1.29, 1.82) is 0 Å². The Labute approximate surface area is 118 Å². The van der Waals surface area contributed by atoms with Gasteiger partial charge in [0, 0.05) is 36.2 Å². The molecule has 0 radical (unpaired) electrons. The largest absolute Gasteiger partial charge is 0.384 e. The zero-order valence-corrected chi connectivity index (χ0v) is 12.9. The van der Waals surface area contributed by atoms with Gasteiger partial charge in [0.2, 0.25) is 5.91 Å². The minimum absolute atomic E-state index is 0.210. The molecule has 1 aromatic rings. The Balaban J connectivity index is 2.44. The van der Waals surface area contributed by atoms with Crippen molar-refractivity contribution in [2.45, 2.75) is 27.2 Å². The van der Waals surface area contributed by atoms with Gasteiger partial charge in [0.15, 0.2) is 0 Å². The molecule has 0 heterocycles. The average Bonchev–Trinajstić information content (AvgIpc) is 2.33. The summed E-state index contributed by atoms with van der Waals surface area (Å²) in [7, 11) is 0. The van der Waals surface area contributed by atoms with E-state index in [9.17, 15) is 4.79 Å². The number of carbonyl (C=O) groups is 1. The quantitative estimate of drug-likeness (QED) is 0.873. The number of nitrogens with one attached hydrogen (secondary N) is 1. The van der Waals surface area contributed by atoms with Gasteiger partial charge >= 0.3 is 0 Å². The third-order valence-corrected chi connectivity index (χ3v) is 3.45. The van der Waals surface area contributed by atoms with E-state index in [2.05, 4.69) is 34.2 Å². The molecule has 1 amide bonds. The number of aryl methyl sites for hydroxylation is 1.